The quantitative estimate of drug-likeness (QED) is 0.115. The summed E-state index contributed by atoms with van der Waals surface area (Å²) in [6, 6.07) is 13.0. The Morgan fingerprint density at radius 3 is 1.19 bits per heavy atom. The summed E-state index contributed by atoms with van der Waals surface area (Å²) in [4.78, 5) is 0. The third-order valence-electron chi connectivity index (χ3n) is 15.1. The fraction of sp³-hybridized carbons (Fsp3) is 0. The van der Waals surface area contributed by atoms with E-state index in [1.807, 2.05) is 54.6 Å². The zero-order valence-electron chi connectivity index (χ0n) is 77.5. The lowest BCUT2D eigenvalue weighted by Gasteiger charge is -2.20. The maximum atomic E-state index is 9.63. The Hall–Kier alpha value is -10.9. The summed E-state index contributed by atoms with van der Waals surface area (Å²) >= 11 is 0. The van der Waals surface area contributed by atoms with Gasteiger partial charge in [-0.25, -0.2) is 0 Å². The summed E-state index contributed by atoms with van der Waals surface area (Å²) in [6.45, 7) is 0. The maximum Gasteiger partial charge on any atom is 0.0630 e. The molecule has 390 valence electrons. The van der Waals surface area contributed by atoms with Crippen LogP contribution in [0.3, 0.4) is 0 Å². The van der Waals surface area contributed by atoms with E-state index in [4.69, 9.17) is 31.5 Å². The molecule has 17 rings (SSSR count). The van der Waals surface area contributed by atoms with Gasteiger partial charge in [-0.15, -0.1) is 0 Å². The van der Waals surface area contributed by atoms with Gasteiger partial charge >= 0.3 is 0 Å². The van der Waals surface area contributed by atoms with Crippen molar-refractivity contribution in [3.63, 3.8) is 0 Å². The summed E-state index contributed by atoms with van der Waals surface area (Å²) < 4.78 is 302. The largest absolute Gasteiger partial charge is 0.0630 e. The molecule has 0 atom stereocenters. The van der Waals surface area contributed by atoms with Gasteiger partial charge in [-0.3, -0.25) is 0 Å². The van der Waals surface area contributed by atoms with Crippen molar-refractivity contribution in [3.8, 4) is 66.8 Å². The van der Waals surface area contributed by atoms with Crippen LogP contribution in [-0.2, 0) is 0 Å². The van der Waals surface area contributed by atoms with E-state index in [0.29, 0.717) is 27.3 Å². The van der Waals surface area contributed by atoms with Gasteiger partial charge in [-0.05, 0) is 170 Å². The van der Waals surface area contributed by atoms with Gasteiger partial charge in [0.25, 0.3) is 0 Å². The first-order valence-electron chi connectivity index (χ1n) is 43.4. The molecule has 0 amide bonds. The molecule has 84 heavy (non-hydrogen) atoms. The normalized spacial score (nSPS) is 17.2. The van der Waals surface area contributed by atoms with Gasteiger partial charge in [0.2, 0.25) is 0 Å². The highest BCUT2D eigenvalue weighted by Gasteiger charge is 2.22. The molecular weight excluding hydrogens is 1010 g/mol. The average Bonchev–Trinajstić information content (AvgIpc) is 0.691. The third-order valence-corrected chi connectivity index (χ3v) is 15.1. The Morgan fingerprint density at radius 2 is 0.571 bits per heavy atom. The van der Waals surface area contributed by atoms with Crippen molar-refractivity contribution in [2.75, 3.05) is 0 Å². The molecule has 0 heteroatoms. The molecule has 0 nitrogen and oxygen atoms in total. The SMILES string of the molecule is [2H]c1c([2H])c([2H])c(-c2c([2H])c([2H])c(-c3c4c([2H])c([2H])c([2H])c([2H])c4c(-c4cccc5ccccc45)c4c([2H])c([2H])c([2H])c([2H])c34)c3c([2H])c([2H])c([2H])c([2H])c23)c([2H])c1[2H].[2H]c1c([2H])c([2H])c2c(-c3ccc(-c4c5c([2H])c([2H])c([2H])c([2H])c5c(-c5cc6ccccc6c6ccccc56)c5c([2H])c([2H])c([2H])c([2H])c45)cc3)c([2H])c([2H])c([2H])c2c1[2H]. The van der Waals surface area contributed by atoms with Crippen LogP contribution in [0.25, 0.3) is 164 Å². The van der Waals surface area contributed by atoms with Gasteiger partial charge in [-0.1, -0.05) is 321 Å². The summed E-state index contributed by atoms with van der Waals surface area (Å²) in [6.07, 6.45) is 0. The van der Waals surface area contributed by atoms with E-state index in [-0.39, 0.29) is 87.2 Å². The summed E-state index contributed by atoms with van der Waals surface area (Å²) in [5.41, 5.74) is -0.598. The van der Waals surface area contributed by atoms with E-state index in [0.717, 1.165) is 16.2 Å². The number of benzene rings is 17. The molecule has 0 aliphatic heterocycles. The van der Waals surface area contributed by atoms with Crippen molar-refractivity contribution in [2.45, 2.75) is 0 Å². The van der Waals surface area contributed by atoms with E-state index in [1.54, 1.807) is 54.6 Å². The van der Waals surface area contributed by atoms with Crippen LogP contribution < -0.4 is 0 Å². The molecule has 0 radical (unpaired) electrons. The fourth-order valence-electron chi connectivity index (χ4n) is 11.6. The Morgan fingerprint density at radius 1 is 0.167 bits per heavy atom. The molecule has 0 bridgehead atoms. The van der Waals surface area contributed by atoms with E-state index in [2.05, 4.69) is 0 Å². The monoisotopic (exact) mass is 1100 g/mol. The summed E-state index contributed by atoms with van der Waals surface area (Å²) in [7, 11) is 0. The highest BCUT2D eigenvalue weighted by molar-refractivity contribution is 6.27. The maximum absolute atomic E-state index is 9.63. The lowest BCUT2D eigenvalue weighted by Crippen LogP contribution is -1.93. The van der Waals surface area contributed by atoms with E-state index in [1.165, 1.54) is 12.1 Å². The Bertz CT molecular complexity index is 7320. The molecule has 0 saturated carbocycles. The van der Waals surface area contributed by atoms with E-state index in [9.17, 15) is 15.1 Å². The molecule has 0 heterocycles. The number of hydrogen-bond acceptors (Lipinski definition) is 0. The first-order valence-corrected chi connectivity index (χ1v) is 26.4. The Labute approximate surface area is 536 Å². The first kappa shape index (κ1) is 25.5. The van der Waals surface area contributed by atoms with Crippen molar-refractivity contribution < 1.29 is 46.6 Å². The van der Waals surface area contributed by atoms with Crippen LogP contribution in [0.1, 0.15) is 46.6 Å². The zero-order valence-corrected chi connectivity index (χ0v) is 43.5. The second kappa shape index (κ2) is 20.6. The van der Waals surface area contributed by atoms with Gasteiger partial charge in [0.15, 0.2) is 0 Å². The van der Waals surface area contributed by atoms with Gasteiger partial charge in [0.1, 0.15) is 0 Å². The topological polar surface area (TPSA) is 0 Å². The second-order valence-corrected chi connectivity index (χ2v) is 19.5. The average molecular weight is 1100 g/mol. The van der Waals surface area contributed by atoms with E-state index >= 15 is 0 Å². The standard InChI is InChI=1S/C44H28.C40H26/c1-3-15-33-29(12-1)14-11-23-34(33)30-24-26-31(27-25-30)43-38-19-7-9-21-40(38)44(41-22-10-8-20-39(41)43)42-28-32-13-2-4-16-35(32)36-17-5-6-18-37(36)42;1-2-13-27(14-3-1)30-25-26-38(32-19-7-6-18-31(30)32)40-36-22-10-8-20-34(36)39(35-21-9-11-23-37(35)40)33-24-12-16-28-15-4-5-17-29(28)33/h1-28H;1-26H/i1D,3D,7D,8D,9D,10D,11D,12D,14D,15D,19D,20D,21D,22D,23D;1D,2D,3D,6D,7D,8D,9D,10D,11D,13D,14D,18D,19D,20D,21D,22D,23D,25D,26D. The van der Waals surface area contributed by atoms with Crippen molar-refractivity contribution >= 4 is 97.0 Å². The Kier molecular flexibility index (Phi) is 6.24. The van der Waals surface area contributed by atoms with Gasteiger partial charge in [0, 0.05) is 0 Å². The van der Waals surface area contributed by atoms with Crippen LogP contribution in [0.15, 0.2) is 327 Å². The Balaban J connectivity index is 0.000000176. The molecule has 0 aliphatic carbocycles. The van der Waals surface area contributed by atoms with Gasteiger partial charge in [0.05, 0.1) is 46.6 Å². The van der Waals surface area contributed by atoms with Crippen molar-refractivity contribution in [2.24, 2.45) is 0 Å². The second-order valence-electron chi connectivity index (χ2n) is 19.5. The molecule has 0 saturated heterocycles. The number of fused-ring (bicyclic) bond motifs is 10. The molecule has 0 unspecified atom stereocenters. The summed E-state index contributed by atoms with van der Waals surface area (Å²) in [5, 5.41) is 1.97. The van der Waals surface area contributed by atoms with Crippen LogP contribution in [0, 0.1) is 0 Å². The lowest BCUT2D eigenvalue weighted by molar-refractivity contribution is 1.63. The molecule has 0 N–H and O–H groups in total. The van der Waals surface area contributed by atoms with Crippen molar-refractivity contribution in [1.82, 2.24) is 0 Å². The third kappa shape index (κ3) is 8.14. The molecule has 17 aromatic carbocycles. The van der Waals surface area contributed by atoms with Crippen LogP contribution >= 0.6 is 0 Å². The molecule has 0 fully saturated rings. The minimum absolute atomic E-state index is 0.00543. The zero-order chi connectivity index (χ0) is 85.1. The smallest absolute Gasteiger partial charge is 0.0622 e. The van der Waals surface area contributed by atoms with E-state index < -0.39 is 238 Å². The molecule has 17 aromatic rings. The first-order chi connectivity index (χ1) is 55.8. The molecule has 0 aliphatic rings. The predicted octanol–water partition coefficient (Wildman–Crippen LogP) is 23.8. The van der Waals surface area contributed by atoms with Crippen LogP contribution in [0.4, 0.5) is 0 Å². The van der Waals surface area contributed by atoms with Gasteiger partial charge in [-0.2, -0.15) is 0 Å². The highest BCUT2D eigenvalue weighted by atomic mass is 14.2. The highest BCUT2D eigenvalue weighted by Crippen LogP contribution is 2.49. The van der Waals surface area contributed by atoms with Crippen LogP contribution in [0.5, 0.6) is 0 Å². The number of rotatable bonds is 6. The van der Waals surface area contributed by atoms with Crippen LogP contribution in [-0.4, -0.2) is 0 Å². The molecule has 0 spiro atoms. The van der Waals surface area contributed by atoms with Gasteiger partial charge < -0.3 is 0 Å². The lowest BCUT2D eigenvalue weighted by atomic mass is 9.83. The summed E-state index contributed by atoms with van der Waals surface area (Å²) in [5.74, 6) is 0. The minimum Gasteiger partial charge on any atom is -0.0622 e. The number of hydrogen-bond donors (Lipinski definition) is 0. The van der Waals surface area contributed by atoms with Crippen molar-refractivity contribution in [1.29, 1.82) is 0 Å². The van der Waals surface area contributed by atoms with Crippen LogP contribution in [0.2, 0.25) is 0 Å². The molecular formula is C84H54. The molecule has 0 aromatic heterocycles. The fourth-order valence-corrected chi connectivity index (χ4v) is 11.6. The minimum atomic E-state index is -0.892. The van der Waals surface area contributed by atoms with Crippen molar-refractivity contribution in [3.05, 3.63) is 327 Å². The predicted molar refractivity (Wildman–Crippen MR) is 363 cm³/mol.